The van der Waals surface area contributed by atoms with Crippen LogP contribution in [0.15, 0.2) is 18.2 Å². The van der Waals surface area contributed by atoms with Crippen LogP contribution in [0.4, 0.5) is 10.5 Å². The summed E-state index contributed by atoms with van der Waals surface area (Å²) in [5.41, 5.74) is 2.51. The lowest BCUT2D eigenvalue weighted by Gasteiger charge is -2.28. The van der Waals surface area contributed by atoms with E-state index in [4.69, 9.17) is 0 Å². The van der Waals surface area contributed by atoms with E-state index in [1.165, 1.54) is 0 Å². The summed E-state index contributed by atoms with van der Waals surface area (Å²) >= 11 is 0. The summed E-state index contributed by atoms with van der Waals surface area (Å²) in [7, 11) is 0. The molecule has 4 nitrogen and oxygen atoms in total. The number of amides is 2. The molecule has 1 aliphatic carbocycles. The van der Waals surface area contributed by atoms with Crippen LogP contribution in [-0.2, 0) is 0 Å². The first kappa shape index (κ1) is 13.9. The van der Waals surface area contributed by atoms with Gasteiger partial charge in [0, 0.05) is 5.69 Å². The first-order chi connectivity index (χ1) is 9.06. The third-order valence-electron chi connectivity index (χ3n) is 3.96. The van der Waals surface area contributed by atoms with Crippen LogP contribution < -0.4 is 10.6 Å². The lowest BCUT2D eigenvalue weighted by molar-refractivity contribution is 0.167. The van der Waals surface area contributed by atoms with Gasteiger partial charge in [0.05, 0.1) is 12.1 Å². The Balaban J connectivity index is 2.05. The van der Waals surface area contributed by atoms with Crippen LogP contribution in [0.2, 0.25) is 0 Å². The minimum atomic E-state index is -0.430. The number of rotatable bonds is 3. The van der Waals surface area contributed by atoms with Gasteiger partial charge < -0.3 is 15.7 Å². The van der Waals surface area contributed by atoms with Crippen molar-refractivity contribution < 1.29 is 9.90 Å². The number of hydrogen-bond acceptors (Lipinski definition) is 2. The highest BCUT2D eigenvalue weighted by Crippen LogP contribution is 2.29. The Kier molecular flexibility index (Phi) is 4.10. The van der Waals surface area contributed by atoms with Gasteiger partial charge in [-0.3, -0.25) is 0 Å². The number of aliphatic hydroxyl groups is 1. The molecule has 0 spiro atoms. The molecule has 0 aromatic heterocycles. The molecule has 0 saturated heterocycles. The van der Waals surface area contributed by atoms with Gasteiger partial charge in [-0.05, 0) is 37.8 Å². The summed E-state index contributed by atoms with van der Waals surface area (Å²) in [5, 5.41) is 15.3. The summed E-state index contributed by atoms with van der Waals surface area (Å²) in [6, 6.07) is 5.69. The second-order valence-electron chi connectivity index (χ2n) is 5.49. The number of anilines is 1. The van der Waals surface area contributed by atoms with Crippen molar-refractivity contribution in [2.24, 2.45) is 0 Å². The lowest BCUT2D eigenvalue weighted by atomic mass is 9.99. The molecule has 1 fully saturated rings. The van der Waals surface area contributed by atoms with Crippen LogP contribution in [0.1, 0.15) is 36.8 Å². The van der Waals surface area contributed by atoms with Crippen LogP contribution in [0.25, 0.3) is 0 Å². The predicted octanol–water partition coefficient (Wildman–Crippen LogP) is 2.73. The number of carbonyl (C=O) groups is 1. The molecule has 0 heterocycles. The van der Waals surface area contributed by atoms with E-state index in [1.807, 2.05) is 32.0 Å². The topological polar surface area (TPSA) is 61.4 Å². The maximum atomic E-state index is 12.1. The Morgan fingerprint density at radius 2 is 1.84 bits per heavy atom. The molecule has 0 atom stereocenters. The van der Waals surface area contributed by atoms with Gasteiger partial charge in [0.15, 0.2) is 0 Å². The van der Waals surface area contributed by atoms with Gasteiger partial charge in [0.2, 0.25) is 0 Å². The maximum absolute atomic E-state index is 12.1. The second-order valence-corrected chi connectivity index (χ2v) is 5.49. The molecular weight excluding hydrogens is 240 g/mol. The molecule has 2 amide bonds. The summed E-state index contributed by atoms with van der Waals surface area (Å²) in [4.78, 5) is 12.1. The van der Waals surface area contributed by atoms with Crippen molar-refractivity contribution in [3.63, 3.8) is 0 Å². The summed E-state index contributed by atoms with van der Waals surface area (Å²) in [5.74, 6) is 0. The number of aliphatic hydroxyl groups excluding tert-OH is 1. The first-order valence-electron chi connectivity index (χ1n) is 6.83. The quantitative estimate of drug-likeness (QED) is 0.784. The van der Waals surface area contributed by atoms with Crippen LogP contribution in [-0.4, -0.2) is 23.3 Å². The standard InChI is InChI=1S/C15H22N2O2/c1-11-6-5-7-12(2)13(11)16-14(19)17-15(10-18)8-3-4-9-15/h5-7,18H,3-4,8-10H2,1-2H3,(H2,16,17,19). The Bertz CT molecular complexity index is 445. The van der Waals surface area contributed by atoms with Gasteiger partial charge >= 0.3 is 6.03 Å². The SMILES string of the molecule is Cc1cccc(C)c1NC(=O)NC1(CO)CCCC1. The number of carbonyl (C=O) groups excluding carboxylic acids is 1. The minimum Gasteiger partial charge on any atom is -0.394 e. The van der Waals surface area contributed by atoms with Crippen LogP contribution in [0.3, 0.4) is 0 Å². The normalized spacial score (nSPS) is 17.2. The number of benzene rings is 1. The summed E-state index contributed by atoms with van der Waals surface area (Å²) in [6.07, 6.45) is 3.82. The molecule has 1 saturated carbocycles. The molecule has 1 aromatic rings. The molecule has 1 aromatic carbocycles. The van der Waals surface area contributed by atoms with E-state index in [0.717, 1.165) is 42.5 Å². The zero-order valence-electron chi connectivity index (χ0n) is 11.6. The highest BCUT2D eigenvalue weighted by atomic mass is 16.3. The fourth-order valence-corrected chi connectivity index (χ4v) is 2.77. The second kappa shape index (κ2) is 5.61. The molecule has 1 aliphatic rings. The average Bonchev–Trinajstić information content (AvgIpc) is 2.83. The minimum absolute atomic E-state index is 0.00712. The number of urea groups is 1. The molecule has 2 rings (SSSR count). The Morgan fingerprint density at radius 1 is 1.26 bits per heavy atom. The van der Waals surface area contributed by atoms with Gasteiger partial charge in [-0.1, -0.05) is 31.0 Å². The van der Waals surface area contributed by atoms with E-state index in [9.17, 15) is 9.90 Å². The van der Waals surface area contributed by atoms with Gasteiger partial charge in [-0.25, -0.2) is 4.79 Å². The van der Waals surface area contributed by atoms with Crippen molar-refractivity contribution >= 4 is 11.7 Å². The third kappa shape index (κ3) is 3.07. The Hall–Kier alpha value is -1.55. The van der Waals surface area contributed by atoms with Crippen molar-refractivity contribution in [1.29, 1.82) is 0 Å². The van der Waals surface area contributed by atoms with Gasteiger partial charge in [0.1, 0.15) is 0 Å². The van der Waals surface area contributed by atoms with E-state index in [-0.39, 0.29) is 12.6 Å². The molecule has 19 heavy (non-hydrogen) atoms. The number of aryl methyl sites for hydroxylation is 2. The van der Waals surface area contributed by atoms with E-state index in [0.29, 0.717) is 0 Å². The number of para-hydroxylation sites is 1. The Morgan fingerprint density at radius 3 is 2.37 bits per heavy atom. The highest BCUT2D eigenvalue weighted by Gasteiger charge is 2.34. The average molecular weight is 262 g/mol. The summed E-state index contributed by atoms with van der Waals surface area (Å²) < 4.78 is 0. The summed E-state index contributed by atoms with van der Waals surface area (Å²) in [6.45, 7) is 3.95. The van der Waals surface area contributed by atoms with E-state index in [2.05, 4.69) is 10.6 Å². The fourth-order valence-electron chi connectivity index (χ4n) is 2.77. The van der Waals surface area contributed by atoms with Gasteiger partial charge in [-0.15, -0.1) is 0 Å². The molecule has 0 bridgehead atoms. The van der Waals surface area contributed by atoms with Crippen molar-refractivity contribution in [3.8, 4) is 0 Å². The van der Waals surface area contributed by atoms with Crippen molar-refractivity contribution in [2.45, 2.75) is 45.1 Å². The first-order valence-corrected chi connectivity index (χ1v) is 6.83. The smallest absolute Gasteiger partial charge is 0.319 e. The van der Waals surface area contributed by atoms with Crippen LogP contribution in [0.5, 0.6) is 0 Å². The van der Waals surface area contributed by atoms with Crippen molar-refractivity contribution in [2.75, 3.05) is 11.9 Å². The fraction of sp³-hybridized carbons (Fsp3) is 0.533. The van der Waals surface area contributed by atoms with E-state index < -0.39 is 5.54 Å². The molecular formula is C15H22N2O2. The zero-order chi connectivity index (χ0) is 13.9. The van der Waals surface area contributed by atoms with Crippen LogP contribution in [0, 0.1) is 13.8 Å². The zero-order valence-corrected chi connectivity index (χ0v) is 11.6. The van der Waals surface area contributed by atoms with Crippen LogP contribution >= 0.6 is 0 Å². The molecule has 3 N–H and O–H groups in total. The largest absolute Gasteiger partial charge is 0.394 e. The Labute approximate surface area is 114 Å². The van der Waals surface area contributed by atoms with Crippen molar-refractivity contribution in [1.82, 2.24) is 5.32 Å². The van der Waals surface area contributed by atoms with Gasteiger partial charge in [-0.2, -0.15) is 0 Å². The maximum Gasteiger partial charge on any atom is 0.319 e. The monoisotopic (exact) mass is 262 g/mol. The highest BCUT2D eigenvalue weighted by molar-refractivity contribution is 5.91. The molecule has 0 aliphatic heterocycles. The van der Waals surface area contributed by atoms with Gasteiger partial charge in [0.25, 0.3) is 0 Å². The predicted molar refractivity (Wildman–Crippen MR) is 76.4 cm³/mol. The van der Waals surface area contributed by atoms with Crippen molar-refractivity contribution in [3.05, 3.63) is 29.3 Å². The molecule has 0 radical (unpaired) electrons. The van der Waals surface area contributed by atoms with E-state index >= 15 is 0 Å². The lowest BCUT2D eigenvalue weighted by Crippen LogP contribution is -2.50. The number of nitrogens with one attached hydrogen (secondary N) is 2. The third-order valence-corrected chi connectivity index (χ3v) is 3.96. The molecule has 0 unspecified atom stereocenters. The molecule has 104 valence electrons. The number of hydrogen-bond donors (Lipinski definition) is 3. The van der Waals surface area contributed by atoms with E-state index in [1.54, 1.807) is 0 Å². The molecule has 4 heteroatoms.